The zero-order valence-electron chi connectivity index (χ0n) is 9.37. The molecule has 0 bridgehead atoms. The molecule has 0 spiro atoms. The number of rotatable bonds is 5. The first-order valence-corrected chi connectivity index (χ1v) is 6.36. The van der Waals surface area contributed by atoms with Gasteiger partial charge in [0.1, 0.15) is 5.69 Å². The van der Waals surface area contributed by atoms with E-state index in [1.54, 1.807) is 11.8 Å². The van der Waals surface area contributed by atoms with E-state index in [1.807, 2.05) is 6.26 Å². The molecule has 1 heterocycles. The van der Waals surface area contributed by atoms with Crippen molar-refractivity contribution >= 4 is 17.7 Å². The van der Waals surface area contributed by atoms with Crippen LogP contribution in [0.25, 0.3) is 0 Å². The van der Waals surface area contributed by atoms with Crippen molar-refractivity contribution in [2.45, 2.75) is 18.6 Å². The monoisotopic (exact) mass is 242 g/mol. The Labute approximate surface area is 98.8 Å². The highest BCUT2D eigenvalue weighted by Gasteiger charge is 2.07. The lowest BCUT2D eigenvalue weighted by Crippen LogP contribution is -2.26. The third-order valence-electron chi connectivity index (χ3n) is 2.19. The lowest BCUT2D eigenvalue weighted by Gasteiger charge is -2.08. The second-order valence-corrected chi connectivity index (χ2v) is 4.71. The molecule has 16 heavy (non-hydrogen) atoms. The van der Waals surface area contributed by atoms with E-state index in [9.17, 15) is 9.18 Å². The Morgan fingerprint density at radius 1 is 1.62 bits per heavy atom. The highest BCUT2D eigenvalue weighted by atomic mass is 32.2. The van der Waals surface area contributed by atoms with Crippen LogP contribution < -0.4 is 5.32 Å². The first-order chi connectivity index (χ1) is 7.63. The Morgan fingerprint density at radius 2 is 2.38 bits per heavy atom. The number of pyridine rings is 1. The Bertz CT molecular complexity index is 360. The van der Waals surface area contributed by atoms with Gasteiger partial charge >= 0.3 is 0 Å². The number of nitrogens with one attached hydrogen (secondary N) is 1. The quantitative estimate of drug-likeness (QED) is 0.804. The van der Waals surface area contributed by atoms with Crippen LogP contribution in [0.4, 0.5) is 4.39 Å². The molecule has 0 fully saturated rings. The van der Waals surface area contributed by atoms with Gasteiger partial charge in [-0.3, -0.25) is 4.79 Å². The van der Waals surface area contributed by atoms with Crippen molar-refractivity contribution in [1.29, 1.82) is 0 Å². The summed E-state index contributed by atoms with van der Waals surface area (Å²) in [6.07, 6.45) is 2.92. The molecule has 88 valence electrons. The van der Waals surface area contributed by atoms with E-state index in [2.05, 4.69) is 17.2 Å². The molecule has 1 aromatic heterocycles. The van der Waals surface area contributed by atoms with Crippen molar-refractivity contribution in [3.63, 3.8) is 0 Å². The van der Waals surface area contributed by atoms with Gasteiger partial charge in [-0.05, 0) is 24.8 Å². The molecule has 1 atom stereocenters. The van der Waals surface area contributed by atoms with Crippen LogP contribution in [0.15, 0.2) is 18.2 Å². The topological polar surface area (TPSA) is 42.0 Å². The van der Waals surface area contributed by atoms with Gasteiger partial charge < -0.3 is 5.32 Å². The van der Waals surface area contributed by atoms with E-state index in [0.717, 1.165) is 6.42 Å². The maximum absolute atomic E-state index is 12.7. The second-order valence-electron chi connectivity index (χ2n) is 3.44. The predicted molar refractivity (Wildman–Crippen MR) is 64.1 cm³/mol. The summed E-state index contributed by atoms with van der Waals surface area (Å²) in [4.78, 5) is 15.0. The lowest BCUT2D eigenvalue weighted by molar-refractivity contribution is 0.0947. The van der Waals surface area contributed by atoms with E-state index < -0.39 is 5.95 Å². The van der Waals surface area contributed by atoms with Crippen LogP contribution >= 0.6 is 11.8 Å². The summed E-state index contributed by atoms with van der Waals surface area (Å²) in [5.74, 6) is -0.960. The fourth-order valence-electron chi connectivity index (χ4n) is 1.13. The van der Waals surface area contributed by atoms with E-state index in [4.69, 9.17) is 0 Å². The van der Waals surface area contributed by atoms with Crippen molar-refractivity contribution in [2.75, 3.05) is 12.8 Å². The second kappa shape index (κ2) is 6.48. The summed E-state index contributed by atoms with van der Waals surface area (Å²) in [6.45, 7) is 2.68. The molecule has 5 heteroatoms. The van der Waals surface area contributed by atoms with E-state index in [1.165, 1.54) is 18.2 Å². The minimum absolute atomic E-state index is 0.122. The summed E-state index contributed by atoms with van der Waals surface area (Å²) < 4.78 is 12.7. The number of hydrogen-bond acceptors (Lipinski definition) is 3. The summed E-state index contributed by atoms with van der Waals surface area (Å²) in [6, 6.07) is 4.19. The molecule has 0 saturated carbocycles. The Kier molecular flexibility index (Phi) is 5.25. The molecule has 0 aliphatic heterocycles. The molecular weight excluding hydrogens is 227 g/mol. The summed E-state index contributed by atoms with van der Waals surface area (Å²) >= 11 is 1.75. The maximum atomic E-state index is 12.7. The molecule has 1 rings (SSSR count). The van der Waals surface area contributed by atoms with Crippen molar-refractivity contribution in [3.05, 3.63) is 29.8 Å². The van der Waals surface area contributed by atoms with Gasteiger partial charge in [-0.15, -0.1) is 0 Å². The number of nitrogens with zero attached hydrogens (tertiary/aromatic N) is 1. The number of carbonyl (C=O) groups excluding carboxylic acids is 1. The molecule has 1 aromatic rings. The van der Waals surface area contributed by atoms with Gasteiger partial charge in [-0.1, -0.05) is 13.0 Å². The largest absolute Gasteiger partial charge is 0.351 e. The third-order valence-corrected chi connectivity index (χ3v) is 3.23. The number of hydrogen-bond donors (Lipinski definition) is 1. The average molecular weight is 242 g/mol. The smallest absolute Gasteiger partial charge is 0.269 e. The predicted octanol–water partition coefficient (Wildman–Crippen LogP) is 2.09. The number of aromatic nitrogens is 1. The molecule has 0 radical (unpaired) electrons. The normalized spacial score (nSPS) is 12.2. The van der Waals surface area contributed by atoms with Crippen LogP contribution in [0.1, 0.15) is 23.8 Å². The van der Waals surface area contributed by atoms with Gasteiger partial charge in [0, 0.05) is 11.8 Å². The molecule has 1 unspecified atom stereocenters. The van der Waals surface area contributed by atoms with Gasteiger partial charge in [0.25, 0.3) is 5.91 Å². The van der Waals surface area contributed by atoms with E-state index >= 15 is 0 Å². The molecule has 3 nitrogen and oxygen atoms in total. The van der Waals surface area contributed by atoms with Crippen molar-refractivity contribution in [3.8, 4) is 0 Å². The standard InChI is InChI=1S/C11H15FN2OS/c1-8(16-2)6-7-13-11(15)9-4-3-5-10(12)14-9/h3-5,8H,6-7H2,1-2H3,(H,13,15). The Balaban J connectivity index is 2.41. The minimum atomic E-state index is -0.634. The zero-order chi connectivity index (χ0) is 12.0. The summed E-state index contributed by atoms with van der Waals surface area (Å²) in [5, 5.41) is 3.21. The first-order valence-electron chi connectivity index (χ1n) is 5.07. The molecule has 1 amide bonds. The Morgan fingerprint density at radius 3 is 3.00 bits per heavy atom. The fourth-order valence-corrected chi connectivity index (χ4v) is 1.49. The van der Waals surface area contributed by atoms with Gasteiger partial charge in [0.2, 0.25) is 5.95 Å². The van der Waals surface area contributed by atoms with Crippen molar-refractivity contribution in [2.24, 2.45) is 0 Å². The Hall–Kier alpha value is -1.10. The SMILES string of the molecule is CSC(C)CCNC(=O)c1cccc(F)n1. The van der Waals surface area contributed by atoms with Crippen LogP contribution in [-0.2, 0) is 0 Å². The van der Waals surface area contributed by atoms with E-state index in [-0.39, 0.29) is 11.6 Å². The van der Waals surface area contributed by atoms with Gasteiger partial charge in [-0.25, -0.2) is 4.98 Å². The van der Waals surface area contributed by atoms with Crippen molar-refractivity contribution < 1.29 is 9.18 Å². The van der Waals surface area contributed by atoms with Crippen LogP contribution in [0.2, 0.25) is 0 Å². The molecule has 0 aromatic carbocycles. The highest BCUT2D eigenvalue weighted by molar-refractivity contribution is 7.99. The van der Waals surface area contributed by atoms with Crippen LogP contribution in [-0.4, -0.2) is 28.9 Å². The first kappa shape index (κ1) is 13.0. The minimum Gasteiger partial charge on any atom is -0.351 e. The lowest BCUT2D eigenvalue weighted by atomic mass is 10.3. The van der Waals surface area contributed by atoms with Gasteiger partial charge in [0.05, 0.1) is 0 Å². The number of carbonyl (C=O) groups is 1. The summed E-state index contributed by atoms with van der Waals surface area (Å²) in [7, 11) is 0. The van der Waals surface area contributed by atoms with Crippen LogP contribution in [0.5, 0.6) is 0 Å². The van der Waals surface area contributed by atoms with Gasteiger partial charge in [0.15, 0.2) is 0 Å². The van der Waals surface area contributed by atoms with Crippen LogP contribution in [0, 0.1) is 5.95 Å². The maximum Gasteiger partial charge on any atom is 0.269 e. The average Bonchev–Trinajstić information content (AvgIpc) is 2.28. The fraction of sp³-hybridized carbons (Fsp3) is 0.455. The van der Waals surface area contributed by atoms with E-state index in [0.29, 0.717) is 11.8 Å². The molecule has 0 aliphatic rings. The molecule has 1 N–H and O–H groups in total. The molecule has 0 aliphatic carbocycles. The third kappa shape index (κ3) is 4.18. The number of thioether (sulfide) groups is 1. The number of halogens is 1. The number of amides is 1. The highest BCUT2D eigenvalue weighted by Crippen LogP contribution is 2.08. The van der Waals surface area contributed by atoms with Crippen molar-refractivity contribution in [1.82, 2.24) is 10.3 Å². The molecule has 0 saturated heterocycles. The summed E-state index contributed by atoms with van der Waals surface area (Å²) in [5.41, 5.74) is 0.122. The zero-order valence-corrected chi connectivity index (χ0v) is 10.2. The van der Waals surface area contributed by atoms with Gasteiger partial charge in [-0.2, -0.15) is 16.2 Å². The molecular formula is C11H15FN2OS. The van der Waals surface area contributed by atoms with Crippen LogP contribution in [0.3, 0.4) is 0 Å².